The Bertz CT molecular complexity index is 567. The molecule has 23 heavy (non-hydrogen) atoms. The lowest BCUT2D eigenvalue weighted by Crippen LogP contribution is -2.41. The Hall–Kier alpha value is -2.10. The number of carbonyl (C=O) groups is 1. The molecule has 124 valence electrons. The average Bonchev–Trinajstić information content (AvgIpc) is 3.08. The number of hydrazine groups is 1. The van der Waals surface area contributed by atoms with Crippen LogP contribution in [0.1, 0.15) is 25.5 Å². The Morgan fingerprint density at radius 2 is 2.17 bits per heavy atom. The lowest BCUT2D eigenvalue weighted by molar-refractivity contribution is -0.135. The summed E-state index contributed by atoms with van der Waals surface area (Å²) in [7, 11) is 1.63. The van der Waals surface area contributed by atoms with Crippen molar-refractivity contribution in [2.75, 3.05) is 26.7 Å². The first-order chi connectivity index (χ1) is 11.1. The van der Waals surface area contributed by atoms with Crippen LogP contribution in [-0.2, 0) is 4.79 Å². The van der Waals surface area contributed by atoms with Crippen molar-refractivity contribution in [2.24, 2.45) is 11.8 Å². The summed E-state index contributed by atoms with van der Waals surface area (Å²) in [5.74, 6) is 0.517. The van der Waals surface area contributed by atoms with Gasteiger partial charge in [0.25, 0.3) is 0 Å². The van der Waals surface area contributed by atoms with Crippen LogP contribution in [0.3, 0.4) is 0 Å². The first kappa shape index (κ1) is 17.3. The van der Waals surface area contributed by atoms with Gasteiger partial charge in [-0.3, -0.25) is 10.2 Å². The van der Waals surface area contributed by atoms with Gasteiger partial charge in [-0.05, 0) is 31.5 Å². The van der Waals surface area contributed by atoms with Gasteiger partial charge in [0.15, 0.2) is 0 Å². The second-order valence-electron chi connectivity index (χ2n) is 5.79. The van der Waals surface area contributed by atoms with Crippen molar-refractivity contribution in [3.05, 3.63) is 29.8 Å². The molecule has 1 aliphatic heterocycles. The van der Waals surface area contributed by atoms with Crippen LogP contribution >= 0.6 is 0 Å². The molecule has 0 bridgehead atoms. The van der Waals surface area contributed by atoms with Crippen molar-refractivity contribution in [3.63, 3.8) is 0 Å². The summed E-state index contributed by atoms with van der Waals surface area (Å²) in [6.45, 7) is 5.43. The van der Waals surface area contributed by atoms with Gasteiger partial charge in [-0.25, -0.2) is 5.43 Å². The van der Waals surface area contributed by atoms with Crippen LogP contribution in [0.15, 0.2) is 24.3 Å². The van der Waals surface area contributed by atoms with E-state index in [9.17, 15) is 4.79 Å². The monoisotopic (exact) mass is 316 g/mol. The average molecular weight is 316 g/mol. The maximum atomic E-state index is 12.8. The van der Waals surface area contributed by atoms with Crippen LogP contribution in [0.4, 0.5) is 0 Å². The van der Waals surface area contributed by atoms with Crippen LogP contribution in [-0.4, -0.2) is 37.6 Å². The molecule has 1 heterocycles. The number of amides is 1. The highest BCUT2D eigenvalue weighted by molar-refractivity contribution is 5.80. The quantitative estimate of drug-likeness (QED) is 0.831. The van der Waals surface area contributed by atoms with Gasteiger partial charge in [-0.15, -0.1) is 0 Å². The number of hydrogen-bond donors (Lipinski definition) is 2. The van der Waals surface area contributed by atoms with Crippen molar-refractivity contribution >= 4 is 5.91 Å². The predicted octanol–water partition coefficient (Wildman–Crippen LogP) is 1.47. The second kappa shape index (κ2) is 7.95. The predicted molar refractivity (Wildman–Crippen MR) is 87.4 cm³/mol. The molecule has 0 radical (unpaired) electrons. The van der Waals surface area contributed by atoms with Gasteiger partial charge >= 0.3 is 0 Å². The third kappa shape index (κ3) is 4.01. The molecule has 1 aromatic rings. The number of methoxy groups -OCH3 is 1. The molecule has 0 aromatic heterocycles. The van der Waals surface area contributed by atoms with Gasteiger partial charge in [0.2, 0.25) is 5.91 Å². The summed E-state index contributed by atoms with van der Waals surface area (Å²) >= 11 is 0. The van der Waals surface area contributed by atoms with Crippen LogP contribution in [0.5, 0.6) is 5.75 Å². The normalized spacial score (nSPS) is 21.5. The van der Waals surface area contributed by atoms with Crippen molar-refractivity contribution < 1.29 is 9.53 Å². The number of ether oxygens (including phenoxy) is 1. The van der Waals surface area contributed by atoms with Crippen LogP contribution < -0.4 is 15.6 Å². The number of nitriles is 1. The lowest BCUT2D eigenvalue weighted by atomic mass is 9.93. The standard InChI is InChI=1S/C17H24N4O2/c1-4-21(11-12(2)9-18)17(22)15-10-19-20-16(15)13-5-7-14(23-3)8-6-13/h5-8,12,15-16,19-20H,4,10-11H2,1-3H3. The number of rotatable bonds is 6. The smallest absolute Gasteiger partial charge is 0.229 e. The molecule has 0 spiro atoms. The zero-order chi connectivity index (χ0) is 16.8. The molecule has 3 unspecified atom stereocenters. The summed E-state index contributed by atoms with van der Waals surface area (Å²) in [4.78, 5) is 14.6. The molecule has 1 fully saturated rings. The Morgan fingerprint density at radius 3 is 2.74 bits per heavy atom. The Kier molecular flexibility index (Phi) is 5.97. The molecule has 0 aliphatic carbocycles. The summed E-state index contributed by atoms with van der Waals surface area (Å²) in [6.07, 6.45) is 0. The highest BCUT2D eigenvalue weighted by Crippen LogP contribution is 2.28. The molecule has 6 nitrogen and oxygen atoms in total. The fraction of sp³-hybridized carbons (Fsp3) is 0.529. The number of nitrogens with zero attached hydrogens (tertiary/aromatic N) is 2. The van der Waals surface area contributed by atoms with E-state index in [0.29, 0.717) is 19.6 Å². The van der Waals surface area contributed by atoms with Crippen molar-refractivity contribution in [2.45, 2.75) is 19.9 Å². The van der Waals surface area contributed by atoms with Gasteiger partial charge < -0.3 is 9.64 Å². The molecular weight excluding hydrogens is 292 g/mol. The summed E-state index contributed by atoms with van der Waals surface area (Å²) in [5, 5.41) is 8.98. The van der Waals surface area contributed by atoms with E-state index in [1.165, 1.54) is 0 Å². The van der Waals surface area contributed by atoms with E-state index in [4.69, 9.17) is 10.00 Å². The van der Waals surface area contributed by atoms with E-state index in [1.54, 1.807) is 12.0 Å². The SMILES string of the molecule is CCN(CC(C)C#N)C(=O)C1CNNC1c1ccc(OC)cc1. The minimum Gasteiger partial charge on any atom is -0.497 e. The zero-order valence-corrected chi connectivity index (χ0v) is 13.9. The largest absolute Gasteiger partial charge is 0.497 e. The number of nitrogens with one attached hydrogen (secondary N) is 2. The van der Waals surface area contributed by atoms with Gasteiger partial charge in [-0.2, -0.15) is 5.26 Å². The van der Waals surface area contributed by atoms with E-state index in [-0.39, 0.29) is 23.8 Å². The topological polar surface area (TPSA) is 77.4 Å². The van der Waals surface area contributed by atoms with E-state index in [0.717, 1.165) is 11.3 Å². The maximum absolute atomic E-state index is 12.8. The first-order valence-corrected chi connectivity index (χ1v) is 7.91. The molecule has 1 saturated heterocycles. The molecule has 2 rings (SSSR count). The first-order valence-electron chi connectivity index (χ1n) is 7.91. The number of carbonyl (C=O) groups excluding carboxylic acids is 1. The molecule has 2 N–H and O–H groups in total. The highest BCUT2D eigenvalue weighted by Gasteiger charge is 2.36. The van der Waals surface area contributed by atoms with Crippen molar-refractivity contribution in [1.29, 1.82) is 5.26 Å². The second-order valence-corrected chi connectivity index (χ2v) is 5.79. The Labute approximate surface area is 137 Å². The molecule has 3 atom stereocenters. The molecule has 1 amide bonds. The van der Waals surface area contributed by atoms with Crippen molar-refractivity contribution in [1.82, 2.24) is 15.8 Å². The molecule has 6 heteroatoms. The van der Waals surface area contributed by atoms with Crippen LogP contribution in [0.2, 0.25) is 0 Å². The van der Waals surface area contributed by atoms with Crippen molar-refractivity contribution in [3.8, 4) is 11.8 Å². The fourth-order valence-corrected chi connectivity index (χ4v) is 2.83. The minimum absolute atomic E-state index is 0.0768. The van der Waals surface area contributed by atoms with E-state index >= 15 is 0 Å². The number of hydrogen-bond acceptors (Lipinski definition) is 5. The number of benzene rings is 1. The van der Waals surface area contributed by atoms with E-state index < -0.39 is 0 Å². The Morgan fingerprint density at radius 1 is 1.48 bits per heavy atom. The molecule has 1 aromatic carbocycles. The summed E-state index contributed by atoms with van der Waals surface area (Å²) < 4.78 is 5.18. The fourth-order valence-electron chi connectivity index (χ4n) is 2.83. The molecule has 1 aliphatic rings. The van der Waals surface area contributed by atoms with Gasteiger partial charge in [0.1, 0.15) is 5.75 Å². The van der Waals surface area contributed by atoms with E-state index in [1.807, 2.05) is 38.1 Å². The minimum atomic E-state index is -0.186. The summed E-state index contributed by atoms with van der Waals surface area (Å²) in [6, 6.07) is 9.84. The third-order valence-electron chi connectivity index (χ3n) is 4.18. The van der Waals surface area contributed by atoms with Gasteiger partial charge in [0.05, 0.1) is 31.1 Å². The molecular formula is C17H24N4O2. The summed E-state index contributed by atoms with van der Waals surface area (Å²) in [5.41, 5.74) is 7.31. The lowest BCUT2D eigenvalue weighted by Gasteiger charge is -2.27. The molecule has 0 saturated carbocycles. The third-order valence-corrected chi connectivity index (χ3v) is 4.18. The van der Waals surface area contributed by atoms with Crippen LogP contribution in [0.25, 0.3) is 0 Å². The van der Waals surface area contributed by atoms with E-state index in [2.05, 4.69) is 16.9 Å². The highest BCUT2D eigenvalue weighted by atomic mass is 16.5. The van der Waals surface area contributed by atoms with Crippen LogP contribution in [0, 0.1) is 23.2 Å². The zero-order valence-electron chi connectivity index (χ0n) is 13.9. The van der Waals surface area contributed by atoms with Gasteiger partial charge in [-0.1, -0.05) is 12.1 Å². The Balaban J connectivity index is 2.13. The maximum Gasteiger partial charge on any atom is 0.229 e. The van der Waals surface area contributed by atoms with Gasteiger partial charge in [0, 0.05) is 19.6 Å².